The normalized spacial score (nSPS) is 15.1. The molecular weight excluding hydrogens is 493 g/mol. The maximum Gasteiger partial charge on any atom is 0.416 e. The zero-order valence-corrected chi connectivity index (χ0v) is 19.9. The molecular formula is C24H21F3N6O2S. The molecule has 1 unspecified atom stereocenters. The monoisotopic (exact) mass is 514 g/mol. The molecule has 1 aliphatic heterocycles. The quantitative estimate of drug-likeness (QED) is 0.497. The number of hydrogen-bond donors (Lipinski definition) is 2. The van der Waals surface area contributed by atoms with Gasteiger partial charge in [-0.25, -0.2) is 4.98 Å². The number of carbonyl (C=O) groups excluding carboxylic acids is 2. The number of nitriles is 1. The highest BCUT2D eigenvalue weighted by Crippen LogP contribution is 2.31. The molecule has 0 bridgehead atoms. The zero-order chi connectivity index (χ0) is 25.9. The third kappa shape index (κ3) is 5.52. The van der Waals surface area contributed by atoms with Crippen molar-refractivity contribution < 1.29 is 22.8 Å². The summed E-state index contributed by atoms with van der Waals surface area (Å²) in [6.45, 7) is 0. The van der Waals surface area contributed by atoms with Crippen molar-refractivity contribution in [2.24, 2.45) is 0 Å². The number of amides is 2. The van der Waals surface area contributed by atoms with Crippen molar-refractivity contribution in [2.75, 3.05) is 17.3 Å². The van der Waals surface area contributed by atoms with E-state index in [1.165, 1.54) is 28.7 Å². The predicted molar refractivity (Wildman–Crippen MR) is 128 cm³/mol. The van der Waals surface area contributed by atoms with Crippen LogP contribution >= 0.6 is 11.8 Å². The van der Waals surface area contributed by atoms with Crippen LogP contribution in [0.3, 0.4) is 0 Å². The highest BCUT2D eigenvalue weighted by molar-refractivity contribution is 7.99. The maximum absolute atomic E-state index is 13.1. The number of aryl methyl sites for hydroxylation is 1. The molecule has 2 amide bonds. The average Bonchev–Trinajstić information content (AvgIpc) is 3.21. The Kier molecular flexibility index (Phi) is 7.30. The van der Waals surface area contributed by atoms with E-state index in [4.69, 9.17) is 5.26 Å². The van der Waals surface area contributed by atoms with Gasteiger partial charge >= 0.3 is 6.18 Å². The minimum Gasteiger partial charge on any atom is -0.349 e. The summed E-state index contributed by atoms with van der Waals surface area (Å²) < 4.78 is 40.4. The molecule has 1 aliphatic rings. The molecule has 2 aromatic heterocycles. The lowest BCUT2D eigenvalue weighted by Crippen LogP contribution is -2.41. The Labute approximate surface area is 208 Å². The van der Waals surface area contributed by atoms with Crippen LogP contribution < -0.4 is 10.6 Å². The van der Waals surface area contributed by atoms with Gasteiger partial charge in [0.25, 0.3) is 5.91 Å². The fourth-order valence-electron chi connectivity index (χ4n) is 3.96. The van der Waals surface area contributed by atoms with E-state index >= 15 is 0 Å². The number of aromatic nitrogens is 3. The number of alkyl halides is 3. The number of nitrogens with one attached hydrogen (secondary N) is 2. The number of fused-ring (bicyclic) bond motifs is 1. The Balaban J connectivity index is 1.60. The molecule has 4 rings (SSSR count). The molecule has 0 saturated carbocycles. The van der Waals surface area contributed by atoms with Crippen LogP contribution in [0.2, 0.25) is 0 Å². The number of rotatable bonds is 7. The van der Waals surface area contributed by atoms with E-state index in [1.54, 1.807) is 24.5 Å². The van der Waals surface area contributed by atoms with Crippen LogP contribution in [-0.4, -0.2) is 44.6 Å². The number of thioether (sulfide) groups is 1. The third-order valence-corrected chi connectivity index (χ3v) is 6.17. The average molecular weight is 515 g/mol. The number of hydrogen-bond acceptors (Lipinski definition) is 6. The SMILES string of the molecule is CSCC(=O)Nc1c2c(nn1-c1ccc(C#N)cn1)CC(CCc1cccc(C(F)(F)F)c1)NC2=O. The number of carbonyl (C=O) groups is 2. The van der Waals surface area contributed by atoms with E-state index in [1.807, 2.05) is 6.07 Å². The van der Waals surface area contributed by atoms with Crippen molar-refractivity contribution >= 4 is 29.4 Å². The van der Waals surface area contributed by atoms with Crippen molar-refractivity contribution in [1.82, 2.24) is 20.1 Å². The number of pyridine rings is 1. The van der Waals surface area contributed by atoms with Gasteiger partial charge in [0.1, 0.15) is 11.6 Å². The summed E-state index contributed by atoms with van der Waals surface area (Å²) in [6.07, 6.45) is -0.220. The number of halogens is 3. The van der Waals surface area contributed by atoms with E-state index in [0.717, 1.165) is 12.1 Å². The van der Waals surface area contributed by atoms with Crippen LogP contribution in [0.15, 0.2) is 42.6 Å². The molecule has 0 saturated heterocycles. The van der Waals surface area contributed by atoms with Crippen LogP contribution in [-0.2, 0) is 23.8 Å². The van der Waals surface area contributed by atoms with Gasteiger partial charge in [0.2, 0.25) is 5.91 Å². The van der Waals surface area contributed by atoms with Gasteiger partial charge in [-0.2, -0.15) is 40.0 Å². The maximum atomic E-state index is 13.1. The minimum absolute atomic E-state index is 0.169. The lowest BCUT2D eigenvalue weighted by atomic mass is 9.95. The molecule has 0 radical (unpaired) electrons. The first-order chi connectivity index (χ1) is 17.2. The van der Waals surface area contributed by atoms with E-state index in [-0.39, 0.29) is 29.1 Å². The van der Waals surface area contributed by atoms with Crippen molar-refractivity contribution in [3.05, 3.63) is 70.5 Å². The summed E-state index contributed by atoms with van der Waals surface area (Å²) in [5.74, 6) is -0.0995. The summed E-state index contributed by atoms with van der Waals surface area (Å²) in [6, 6.07) is 9.86. The Bertz CT molecular complexity index is 1330. The molecule has 3 aromatic rings. The third-order valence-electron chi connectivity index (χ3n) is 5.62. The van der Waals surface area contributed by atoms with Gasteiger partial charge < -0.3 is 10.6 Å². The van der Waals surface area contributed by atoms with E-state index < -0.39 is 17.6 Å². The van der Waals surface area contributed by atoms with Gasteiger partial charge in [-0.1, -0.05) is 18.2 Å². The van der Waals surface area contributed by atoms with Crippen LogP contribution in [0.4, 0.5) is 19.0 Å². The Morgan fingerprint density at radius 1 is 1.33 bits per heavy atom. The van der Waals surface area contributed by atoms with Gasteiger partial charge in [0, 0.05) is 18.7 Å². The molecule has 12 heteroatoms. The molecule has 2 N–H and O–H groups in total. The summed E-state index contributed by atoms with van der Waals surface area (Å²) in [5.41, 5.74) is 0.803. The highest BCUT2D eigenvalue weighted by atomic mass is 32.2. The summed E-state index contributed by atoms with van der Waals surface area (Å²) in [4.78, 5) is 29.6. The van der Waals surface area contributed by atoms with Crippen LogP contribution in [0.5, 0.6) is 0 Å². The standard InChI is InChI=1S/C24H21F3N6O2S/c1-36-13-20(34)31-22-21-18(32-33(22)19-8-6-15(11-28)12-29-19)10-17(30-23(21)35)7-5-14-3-2-4-16(9-14)24(25,26)27/h2-4,6,8-9,12,17H,5,7,10,13H2,1H3,(H,30,35)(H,31,34). The lowest BCUT2D eigenvalue weighted by molar-refractivity contribution is -0.137. The van der Waals surface area contributed by atoms with Gasteiger partial charge in [-0.3, -0.25) is 9.59 Å². The topological polar surface area (TPSA) is 113 Å². The molecule has 0 spiro atoms. The fraction of sp³-hybridized carbons (Fsp3) is 0.292. The Hall–Kier alpha value is -3.85. The second-order valence-corrected chi connectivity index (χ2v) is 9.06. The number of anilines is 1. The molecule has 0 aliphatic carbocycles. The second kappa shape index (κ2) is 10.4. The van der Waals surface area contributed by atoms with Crippen molar-refractivity contribution in [1.29, 1.82) is 5.26 Å². The minimum atomic E-state index is -4.42. The lowest BCUT2D eigenvalue weighted by Gasteiger charge is -2.23. The van der Waals surface area contributed by atoms with E-state index in [2.05, 4.69) is 20.7 Å². The van der Waals surface area contributed by atoms with Crippen LogP contribution in [0, 0.1) is 11.3 Å². The van der Waals surface area contributed by atoms with E-state index in [9.17, 15) is 22.8 Å². The van der Waals surface area contributed by atoms with Gasteiger partial charge in [-0.05, 0) is 42.9 Å². The van der Waals surface area contributed by atoms with Gasteiger partial charge in [-0.15, -0.1) is 0 Å². The van der Waals surface area contributed by atoms with Gasteiger partial charge in [0.15, 0.2) is 11.6 Å². The molecule has 1 aromatic carbocycles. The van der Waals surface area contributed by atoms with Gasteiger partial charge in [0.05, 0.1) is 22.6 Å². The van der Waals surface area contributed by atoms with Crippen molar-refractivity contribution in [3.8, 4) is 11.9 Å². The van der Waals surface area contributed by atoms with Crippen molar-refractivity contribution in [2.45, 2.75) is 31.5 Å². The molecule has 8 nitrogen and oxygen atoms in total. The molecule has 0 fully saturated rings. The highest BCUT2D eigenvalue weighted by Gasteiger charge is 2.33. The number of nitrogens with zero attached hydrogens (tertiary/aromatic N) is 4. The Morgan fingerprint density at radius 2 is 2.14 bits per heavy atom. The summed E-state index contributed by atoms with van der Waals surface area (Å²) >= 11 is 1.32. The molecule has 36 heavy (non-hydrogen) atoms. The van der Waals surface area contributed by atoms with Crippen LogP contribution in [0.25, 0.3) is 5.82 Å². The fourth-order valence-corrected chi connectivity index (χ4v) is 4.30. The first-order valence-corrected chi connectivity index (χ1v) is 12.3. The smallest absolute Gasteiger partial charge is 0.349 e. The predicted octanol–water partition coefficient (Wildman–Crippen LogP) is 3.75. The zero-order valence-electron chi connectivity index (χ0n) is 19.1. The first kappa shape index (κ1) is 25.2. The second-order valence-electron chi connectivity index (χ2n) is 8.19. The van der Waals surface area contributed by atoms with E-state index in [0.29, 0.717) is 41.9 Å². The largest absolute Gasteiger partial charge is 0.416 e. The number of benzene rings is 1. The summed E-state index contributed by atoms with van der Waals surface area (Å²) in [5, 5.41) is 19.2. The van der Waals surface area contributed by atoms with Crippen LogP contribution in [0.1, 0.15) is 39.2 Å². The first-order valence-electron chi connectivity index (χ1n) is 10.9. The Morgan fingerprint density at radius 3 is 2.81 bits per heavy atom. The van der Waals surface area contributed by atoms with Crippen molar-refractivity contribution in [3.63, 3.8) is 0 Å². The molecule has 186 valence electrons. The summed E-state index contributed by atoms with van der Waals surface area (Å²) in [7, 11) is 0. The molecule has 3 heterocycles. The molecule has 1 atom stereocenters.